The van der Waals surface area contributed by atoms with Crippen molar-refractivity contribution in [3.05, 3.63) is 49.6 Å². The number of benzene rings is 1. The normalized spacial score (nSPS) is 10.8. The van der Waals surface area contributed by atoms with Crippen molar-refractivity contribution in [1.29, 1.82) is 0 Å². The fourth-order valence-electron chi connectivity index (χ4n) is 1.30. The lowest BCUT2D eigenvalue weighted by Crippen LogP contribution is -2.17. The molecule has 0 fully saturated rings. The number of halogens is 2. The van der Waals surface area contributed by atoms with Crippen molar-refractivity contribution in [3.63, 3.8) is 0 Å². The number of hydrogen-bond donors (Lipinski definition) is 2. The van der Waals surface area contributed by atoms with Gasteiger partial charge in [-0.2, -0.15) is 5.10 Å². The van der Waals surface area contributed by atoms with Crippen LogP contribution in [0.3, 0.4) is 0 Å². The number of aromatic hydroxyl groups is 1. The van der Waals surface area contributed by atoms with Crippen molar-refractivity contribution in [3.8, 4) is 5.75 Å². The minimum Gasteiger partial charge on any atom is -0.507 e. The average molecular weight is 360 g/mol. The summed E-state index contributed by atoms with van der Waals surface area (Å²) in [6.45, 7) is 0. The molecule has 98 valence electrons. The summed E-state index contributed by atoms with van der Waals surface area (Å²) in [5.41, 5.74) is 2.41. The van der Waals surface area contributed by atoms with E-state index in [2.05, 4.69) is 26.5 Å². The van der Waals surface area contributed by atoms with Crippen molar-refractivity contribution < 1.29 is 9.90 Å². The minimum absolute atomic E-state index is 0.0806. The van der Waals surface area contributed by atoms with E-state index in [9.17, 15) is 9.90 Å². The van der Waals surface area contributed by atoms with E-state index in [1.165, 1.54) is 35.8 Å². The Balaban J connectivity index is 2.05. The van der Waals surface area contributed by atoms with Crippen molar-refractivity contribution in [2.75, 3.05) is 0 Å². The minimum atomic E-state index is -0.521. The maximum atomic E-state index is 11.8. The van der Waals surface area contributed by atoms with E-state index in [1.54, 1.807) is 0 Å². The molecule has 0 radical (unpaired) electrons. The van der Waals surface area contributed by atoms with Gasteiger partial charge in [0, 0.05) is 19.8 Å². The van der Waals surface area contributed by atoms with E-state index in [0.717, 1.165) is 9.35 Å². The molecule has 0 saturated heterocycles. The van der Waals surface area contributed by atoms with Crippen LogP contribution in [0.5, 0.6) is 5.75 Å². The second-order valence-electron chi connectivity index (χ2n) is 3.53. The Bertz CT molecular complexity index is 642. The monoisotopic (exact) mass is 358 g/mol. The third-order valence-electron chi connectivity index (χ3n) is 2.15. The Kier molecular flexibility index (Phi) is 4.57. The van der Waals surface area contributed by atoms with Crippen LogP contribution in [0.4, 0.5) is 0 Å². The number of thiophene rings is 1. The van der Waals surface area contributed by atoms with Gasteiger partial charge < -0.3 is 5.11 Å². The highest BCUT2D eigenvalue weighted by Gasteiger charge is 2.10. The highest BCUT2D eigenvalue weighted by molar-refractivity contribution is 9.10. The van der Waals surface area contributed by atoms with E-state index in [-0.39, 0.29) is 11.3 Å². The first-order chi connectivity index (χ1) is 9.06. The van der Waals surface area contributed by atoms with Crippen LogP contribution in [-0.2, 0) is 0 Å². The number of hydrogen-bond acceptors (Lipinski definition) is 4. The summed E-state index contributed by atoms with van der Waals surface area (Å²) < 4.78 is 0.956. The second kappa shape index (κ2) is 6.18. The lowest BCUT2D eigenvalue weighted by molar-refractivity contribution is 0.0952. The number of hydrazone groups is 1. The summed E-state index contributed by atoms with van der Waals surface area (Å²) >= 11 is 10.6. The van der Waals surface area contributed by atoms with Crippen LogP contribution in [0.25, 0.3) is 0 Å². The Morgan fingerprint density at radius 2 is 2.26 bits per heavy atom. The molecule has 0 aliphatic carbocycles. The van der Waals surface area contributed by atoms with Crippen LogP contribution in [0, 0.1) is 0 Å². The Morgan fingerprint density at radius 3 is 2.95 bits per heavy atom. The van der Waals surface area contributed by atoms with Crippen molar-refractivity contribution in [2.45, 2.75) is 0 Å². The number of carbonyl (C=O) groups is 1. The maximum absolute atomic E-state index is 11.8. The van der Waals surface area contributed by atoms with Gasteiger partial charge >= 0.3 is 0 Å². The largest absolute Gasteiger partial charge is 0.507 e. The molecule has 7 heteroatoms. The molecule has 1 amide bonds. The molecule has 1 aromatic heterocycles. The van der Waals surface area contributed by atoms with Crippen LogP contribution >= 0.6 is 38.9 Å². The first kappa shape index (κ1) is 14.0. The van der Waals surface area contributed by atoms with Gasteiger partial charge in [0.2, 0.25) is 0 Å². The standard InChI is InChI=1S/C12H8BrClN2O2S/c13-7-3-9(19-6-7)5-15-16-12(18)10-4-8(14)1-2-11(10)17/h1-6,17H,(H,16,18). The van der Waals surface area contributed by atoms with Crippen molar-refractivity contribution >= 4 is 51.0 Å². The average Bonchev–Trinajstić information content (AvgIpc) is 2.78. The van der Waals surface area contributed by atoms with Crippen LogP contribution in [0.2, 0.25) is 5.02 Å². The molecular weight excluding hydrogens is 352 g/mol. The number of nitrogens with one attached hydrogen (secondary N) is 1. The molecule has 19 heavy (non-hydrogen) atoms. The first-order valence-corrected chi connectivity index (χ1v) is 7.17. The molecule has 2 rings (SSSR count). The highest BCUT2D eigenvalue weighted by atomic mass is 79.9. The smallest absolute Gasteiger partial charge is 0.275 e. The highest BCUT2D eigenvalue weighted by Crippen LogP contribution is 2.21. The maximum Gasteiger partial charge on any atom is 0.275 e. The van der Waals surface area contributed by atoms with Crippen LogP contribution in [0.15, 0.2) is 39.2 Å². The molecule has 4 nitrogen and oxygen atoms in total. The quantitative estimate of drug-likeness (QED) is 0.649. The van der Waals surface area contributed by atoms with Gasteiger partial charge in [0.25, 0.3) is 5.91 Å². The summed E-state index contributed by atoms with van der Waals surface area (Å²) in [7, 11) is 0. The summed E-state index contributed by atoms with van der Waals surface area (Å²) in [5, 5.41) is 15.6. The predicted molar refractivity (Wildman–Crippen MR) is 80.2 cm³/mol. The summed E-state index contributed by atoms with van der Waals surface area (Å²) in [4.78, 5) is 12.7. The van der Waals surface area contributed by atoms with Crippen LogP contribution in [-0.4, -0.2) is 17.2 Å². The zero-order valence-electron chi connectivity index (χ0n) is 9.43. The molecule has 2 aromatic rings. The molecule has 1 heterocycles. The molecule has 0 aliphatic heterocycles. The summed E-state index contributed by atoms with van der Waals surface area (Å²) in [6.07, 6.45) is 1.52. The van der Waals surface area contributed by atoms with Crippen LogP contribution in [0.1, 0.15) is 15.2 Å². The Labute approximate surface area is 126 Å². The molecule has 2 N–H and O–H groups in total. The van der Waals surface area contributed by atoms with E-state index in [0.29, 0.717) is 5.02 Å². The van der Waals surface area contributed by atoms with E-state index >= 15 is 0 Å². The van der Waals surface area contributed by atoms with E-state index in [1.807, 2.05) is 11.4 Å². The molecule has 0 saturated carbocycles. The molecular formula is C12H8BrClN2O2S. The van der Waals surface area contributed by atoms with E-state index in [4.69, 9.17) is 11.6 Å². The fraction of sp³-hybridized carbons (Fsp3) is 0. The van der Waals surface area contributed by atoms with Gasteiger partial charge in [-0.05, 0) is 40.2 Å². The van der Waals surface area contributed by atoms with Gasteiger partial charge in [0.15, 0.2) is 0 Å². The number of phenols is 1. The van der Waals surface area contributed by atoms with Gasteiger partial charge in [0.1, 0.15) is 5.75 Å². The topological polar surface area (TPSA) is 61.7 Å². The molecule has 0 bridgehead atoms. The van der Waals surface area contributed by atoms with Gasteiger partial charge in [-0.3, -0.25) is 4.79 Å². The molecule has 0 unspecified atom stereocenters. The summed E-state index contributed by atoms with van der Waals surface area (Å²) in [5.74, 6) is -0.664. The first-order valence-electron chi connectivity index (χ1n) is 5.12. The molecule has 0 atom stereocenters. The predicted octanol–water partition coefficient (Wildman–Crippen LogP) is 3.63. The van der Waals surface area contributed by atoms with Crippen LogP contribution < -0.4 is 5.43 Å². The molecule has 1 aromatic carbocycles. The van der Waals surface area contributed by atoms with Gasteiger partial charge in [-0.1, -0.05) is 11.6 Å². The Morgan fingerprint density at radius 1 is 1.47 bits per heavy atom. The summed E-state index contributed by atoms with van der Waals surface area (Å²) in [6, 6.07) is 6.11. The van der Waals surface area contributed by atoms with Gasteiger partial charge in [0.05, 0.1) is 11.8 Å². The lowest BCUT2D eigenvalue weighted by atomic mass is 10.2. The molecule has 0 aliphatic rings. The number of carbonyl (C=O) groups excluding carboxylic acids is 1. The SMILES string of the molecule is O=C(NN=Cc1cc(Br)cs1)c1cc(Cl)ccc1O. The van der Waals surface area contributed by atoms with E-state index < -0.39 is 5.91 Å². The van der Waals surface area contributed by atoms with Crippen molar-refractivity contribution in [1.82, 2.24) is 5.43 Å². The van der Waals surface area contributed by atoms with Crippen molar-refractivity contribution in [2.24, 2.45) is 5.10 Å². The third-order valence-corrected chi connectivity index (χ3v) is 4.01. The second-order valence-corrected chi connectivity index (χ2v) is 5.82. The van der Waals surface area contributed by atoms with Gasteiger partial charge in [-0.15, -0.1) is 11.3 Å². The zero-order valence-corrected chi connectivity index (χ0v) is 12.6. The molecule has 0 spiro atoms. The lowest BCUT2D eigenvalue weighted by Gasteiger charge is -2.02. The number of nitrogens with zero attached hydrogens (tertiary/aromatic N) is 1. The fourth-order valence-corrected chi connectivity index (χ4v) is 2.78. The number of amides is 1. The van der Waals surface area contributed by atoms with Gasteiger partial charge in [-0.25, -0.2) is 5.43 Å². The number of phenolic OH excluding ortho intramolecular Hbond substituents is 1. The number of rotatable bonds is 3. The third kappa shape index (κ3) is 3.79. The Hall–Kier alpha value is -1.37. The zero-order chi connectivity index (χ0) is 13.8.